The van der Waals surface area contributed by atoms with E-state index >= 15 is 0 Å². The second-order valence-corrected chi connectivity index (χ2v) is 4.46. The molecule has 0 unspecified atom stereocenters. The minimum Gasteiger partial charge on any atom is -0.348 e. The summed E-state index contributed by atoms with van der Waals surface area (Å²) in [5.74, 6) is 0. The van der Waals surface area contributed by atoms with Crippen molar-refractivity contribution in [2.75, 3.05) is 0 Å². The zero-order chi connectivity index (χ0) is 13.1. The Bertz CT molecular complexity index is 580. The molecule has 0 amide bonds. The number of hydrogen-bond donors (Lipinski definition) is 0. The van der Waals surface area contributed by atoms with Crippen molar-refractivity contribution in [2.45, 2.75) is 33.4 Å². The van der Waals surface area contributed by atoms with E-state index in [-0.39, 0.29) is 5.43 Å². The first kappa shape index (κ1) is 12.9. The Morgan fingerprint density at radius 3 is 2.50 bits per heavy atom. The number of rotatable bonds is 4. The highest BCUT2D eigenvalue weighted by atomic mass is 35.5. The second kappa shape index (κ2) is 5.40. The average molecular weight is 266 g/mol. The minimum absolute atomic E-state index is 0.00981. The second-order valence-electron chi connectivity index (χ2n) is 4.08. The molecule has 0 saturated carbocycles. The molecule has 0 fully saturated rings. The average Bonchev–Trinajstić information content (AvgIpc) is 2.69. The molecule has 2 aromatic heterocycles. The van der Waals surface area contributed by atoms with Gasteiger partial charge in [0.2, 0.25) is 0 Å². The first-order valence-corrected chi connectivity index (χ1v) is 6.43. The third-order valence-electron chi connectivity index (χ3n) is 2.89. The van der Waals surface area contributed by atoms with E-state index in [1.807, 2.05) is 23.1 Å². The monoisotopic (exact) mass is 265 g/mol. The number of aromatic nitrogens is 3. The smallest absolute Gasteiger partial charge is 0.181 e. The molecule has 96 valence electrons. The maximum absolute atomic E-state index is 11.1. The topological polar surface area (TPSA) is 39.8 Å². The van der Waals surface area contributed by atoms with Gasteiger partial charge in [0.25, 0.3) is 0 Å². The number of nitrogens with zero attached hydrogens (tertiary/aromatic N) is 3. The van der Waals surface area contributed by atoms with E-state index in [1.54, 1.807) is 24.5 Å². The summed E-state index contributed by atoms with van der Waals surface area (Å²) in [5.41, 5.74) is 1.92. The first-order chi connectivity index (χ1) is 8.65. The molecule has 0 aromatic carbocycles. The van der Waals surface area contributed by atoms with E-state index in [1.165, 1.54) is 0 Å². The molecule has 0 aliphatic carbocycles. The maximum Gasteiger partial charge on any atom is 0.181 e. The molecule has 2 aromatic rings. The van der Waals surface area contributed by atoms with Crippen molar-refractivity contribution < 1.29 is 0 Å². The lowest BCUT2D eigenvalue weighted by Gasteiger charge is -2.08. The fraction of sp³-hybridized carbons (Fsp3) is 0.385. The molecule has 2 heterocycles. The number of aryl methyl sites for hydroxylation is 2. The van der Waals surface area contributed by atoms with Gasteiger partial charge in [-0.15, -0.1) is 0 Å². The van der Waals surface area contributed by atoms with Crippen LogP contribution in [-0.2, 0) is 19.5 Å². The van der Waals surface area contributed by atoms with E-state index < -0.39 is 0 Å². The Morgan fingerprint density at radius 2 is 1.94 bits per heavy atom. The van der Waals surface area contributed by atoms with Gasteiger partial charge in [-0.25, -0.2) is 0 Å². The third kappa shape index (κ3) is 2.48. The van der Waals surface area contributed by atoms with Crippen LogP contribution in [0.15, 0.2) is 29.3 Å². The highest BCUT2D eigenvalue weighted by molar-refractivity contribution is 6.31. The lowest BCUT2D eigenvalue weighted by atomic mass is 10.3. The van der Waals surface area contributed by atoms with Crippen molar-refractivity contribution in [3.05, 3.63) is 51.2 Å². The van der Waals surface area contributed by atoms with E-state index in [2.05, 4.69) is 5.10 Å². The van der Waals surface area contributed by atoms with Gasteiger partial charge in [-0.3, -0.25) is 9.48 Å². The molecule has 0 saturated heterocycles. The molecule has 18 heavy (non-hydrogen) atoms. The zero-order valence-electron chi connectivity index (χ0n) is 10.6. The number of hydrogen-bond acceptors (Lipinski definition) is 2. The quantitative estimate of drug-likeness (QED) is 0.851. The Labute approximate surface area is 111 Å². The highest BCUT2D eigenvalue weighted by Crippen LogP contribution is 2.22. The molecule has 0 spiro atoms. The van der Waals surface area contributed by atoms with Gasteiger partial charge in [-0.2, -0.15) is 5.10 Å². The Kier molecular flexibility index (Phi) is 3.87. The van der Waals surface area contributed by atoms with Crippen LogP contribution < -0.4 is 5.43 Å². The van der Waals surface area contributed by atoms with E-state index in [0.717, 1.165) is 29.4 Å². The van der Waals surface area contributed by atoms with Gasteiger partial charge in [0, 0.05) is 31.1 Å². The molecule has 4 nitrogen and oxygen atoms in total. The lowest BCUT2D eigenvalue weighted by molar-refractivity contribution is 0.594. The summed E-state index contributed by atoms with van der Waals surface area (Å²) in [5, 5.41) is 5.20. The van der Waals surface area contributed by atoms with Crippen molar-refractivity contribution in [2.24, 2.45) is 0 Å². The number of halogens is 1. The van der Waals surface area contributed by atoms with Crippen LogP contribution in [0, 0.1) is 0 Å². The van der Waals surface area contributed by atoms with Crippen molar-refractivity contribution >= 4 is 11.6 Å². The van der Waals surface area contributed by atoms with Crippen LogP contribution in [-0.4, -0.2) is 14.3 Å². The standard InChI is InChI=1S/C13H16ClN3O/c1-3-11-13(14)12(17(4-2)15-11)9-16-7-5-10(18)6-8-16/h5-8H,3-4,9H2,1-2H3. The van der Waals surface area contributed by atoms with Crippen LogP contribution in [0.25, 0.3) is 0 Å². The highest BCUT2D eigenvalue weighted by Gasteiger charge is 2.13. The van der Waals surface area contributed by atoms with Gasteiger partial charge in [-0.05, 0) is 13.3 Å². The Hall–Kier alpha value is -1.55. The summed E-state index contributed by atoms with van der Waals surface area (Å²) in [4.78, 5) is 11.1. The summed E-state index contributed by atoms with van der Waals surface area (Å²) in [6.45, 7) is 5.49. The molecule has 0 aliphatic rings. The summed E-state index contributed by atoms with van der Waals surface area (Å²) < 4.78 is 3.84. The maximum atomic E-state index is 11.1. The number of pyridine rings is 1. The van der Waals surface area contributed by atoms with Crippen LogP contribution in [0.1, 0.15) is 25.2 Å². The fourth-order valence-electron chi connectivity index (χ4n) is 1.89. The van der Waals surface area contributed by atoms with E-state index in [9.17, 15) is 4.79 Å². The fourth-order valence-corrected chi connectivity index (χ4v) is 2.22. The van der Waals surface area contributed by atoms with Crippen LogP contribution >= 0.6 is 11.6 Å². The molecule has 0 atom stereocenters. The Balaban J connectivity index is 2.35. The molecule has 5 heteroatoms. The summed E-state index contributed by atoms with van der Waals surface area (Å²) in [6.07, 6.45) is 4.34. The van der Waals surface area contributed by atoms with Crippen molar-refractivity contribution in [3.63, 3.8) is 0 Å². The third-order valence-corrected chi connectivity index (χ3v) is 3.32. The van der Waals surface area contributed by atoms with Crippen LogP contribution in [0.4, 0.5) is 0 Å². The largest absolute Gasteiger partial charge is 0.348 e. The van der Waals surface area contributed by atoms with Crippen LogP contribution in [0.2, 0.25) is 5.02 Å². The van der Waals surface area contributed by atoms with Crippen LogP contribution in [0.5, 0.6) is 0 Å². The zero-order valence-corrected chi connectivity index (χ0v) is 11.3. The molecule has 0 N–H and O–H groups in total. The minimum atomic E-state index is 0.00981. The first-order valence-electron chi connectivity index (χ1n) is 6.05. The van der Waals surface area contributed by atoms with Crippen molar-refractivity contribution in [1.82, 2.24) is 14.3 Å². The summed E-state index contributed by atoms with van der Waals surface area (Å²) in [7, 11) is 0. The normalized spacial score (nSPS) is 10.8. The van der Waals surface area contributed by atoms with Crippen molar-refractivity contribution in [3.8, 4) is 0 Å². The molecule has 2 rings (SSSR count). The molecular formula is C13H16ClN3O. The predicted octanol–water partition coefficient (Wildman–Crippen LogP) is 2.33. The van der Waals surface area contributed by atoms with E-state index in [4.69, 9.17) is 11.6 Å². The Morgan fingerprint density at radius 1 is 1.28 bits per heavy atom. The van der Waals surface area contributed by atoms with E-state index in [0.29, 0.717) is 6.54 Å². The SMILES string of the molecule is CCc1nn(CC)c(Cn2ccc(=O)cc2)c1Cl. The van der Waals surface area contributed by atoms with Gasteiger partial charge in [0.1, 0.15) is 0 Å². The van der Waals surface area contributed by atoms with Crippen LogP contribution in [0.3, 0.4) is 0 Å². The van der Waals surface area contributed by atoms with Gasteiger partial charge in [-0.1, -0.05) is 18.5 Å². The van der Waals surface area contributed by atoms with Gasteiger partial charge < -0.3 is 4.57 Å². The summed E-state index contributed by atoms with van der Waals surface area (Å²) >= 11 is 6.33. The molecule has 0 aliphatic heterocycles. The van der Waals surface area contributed by atoms with Gasteiger partial charge in [0.05, 0.1) is 23.0 Å². The van der Waals surface area contributed by atoms with Gasteiger partial charge >= 0.3 is 0 Å². The predicted molar refractivity (Wildman–Crippen MR) is 72.1 cm³/mol. The van der Waals surface area contributed by atoms with Gasteiger partial charge in [0.15, 0.2) is 5.43 Å². The molecule has 0 radical (unpaired) electrons. The molecule has 0 bridgehead atoms. The van der Waals surface area contributed by atoms with Crippen molar-refractivity contribution in [1.29, 1.82) is 0 Å². The lowest BCUT2D eigenvalue weighted by Crippen LogP contribution is -2.10. The summed E-state index contributed by atoms with van der Waals surface area (Å²) in [6, 6.07) is 3.09. The molecular weight excluding hydrogens is 250 g/mol.